The molecule has 3 N–H and O–H groups in total. The van der Waals surface area contributed by atoms with Crippen molar-refractivity contribution in [1.82, 2.24) is 15.0 Å². The SMILES string of the molecule is Oc1c(Cl)cc(Cl)c2cccnc12.Oc1c(Cl)cc(Cl)c2cccnc12.Oc1c(Cl)cc(Cl)c2cccnc12.[Eu]. The number of phenols is 3. The number of hydrogen-bond acceptors (Lipinski definition) is 6. The summed E-state index contributed by atoms with van der Waals surface area (Å²) in [6.45, 7) is 0. The summed E-state index contributed by atoms with van der Waals surface area (Å²) in [6, 6.07) is 15.1. The number of benzene rings is 3. The Hall–Kier alpha value is -1.39. The van der Waals surface area contributed by atoms with Gasteiger partial charge in [-0.2, -0.15) is 0 Å². The second-order valence-electron chi connectivity index (χ2n) is 7.77. The van der Waals surface area contributed by atoms with Crippen LogP contribution in [-0.4, -0.2) is 30.3 Å². The zero-order valence-corrected chi connectivity index (χ0v) is 26.7. The van der Waals surface area contributed by atoms with Crippen LogP contribution in [0.3, 0.4) is 0 Å². The predicted octanol–water partition coefficient (Wildman–Crippen LogP) is 9.74. The van der Waals surface area contributed by atoms with Crippen LogP contribution in [0.15, 0.2) is 73.2 Å². The standard InChI is InChI=1S/3C9H5Cl2NO.Eu/c3*10-6-4-7(11)9(13)8-5(6)2-1-3-12-8;/h3*1-4,13H;. The van der Waals surface area contributed by atoms with E-state index < -0.39 is 0 Å². The van der Waals surface area contributed by atoms with E-state index in [0.717, 1.165) is 0 Å². The number of halogens is 6. The van der Waals surface area contributed by atoms with E-state index >= 15 is 0 Å². The summed E-state index contributed by atoms with van der Waals surface area (Å²) in [4.78, 5) is 12.0. The first-order valence-electron chi connectivity index (χ1n) is 10.8. The molecule has 0 amide bonds. The van der Waals surface area contributed by atoms with Crippen molar-refractivity contribution in [3.05, 3.63) is 103 Å². The van der Waals surface area contributed by atoms with E-state index in [9.17, 15) is 15.3 Å². The first-order chi connectivity index (χ1) is 18.6. The van der Waals surface area contributed by atoms with Crippen LogP contribution in [0.5, 0.6) is 17.2 Å². The molecule has 0 saturated heterocycles. The smallest absolute Gasteiger partial charge is 0.160 e. The first kappa shape index (κ1) is 33.1. The number of rotatable bonds is 0. The third-order valence-corrected chi connectivity index (χ3v) is 7.11. The van der Waals surface area contributed by atoms with Gasteiger partial charge in [-0.1, -0.05) is 69.6 Å². The fourth-order valence-corrected chi connectivity index (χ4v) is 5.02. The summed E-state index contributed by atoms with van der Waals surface area (Å²) in [5.74, 6) is -0.0787. The second-order valence-corrected chi connectivity index (χ2v) is 10.2. The van der Waals surface area contributed by atoms with Gasteiger partial charge in [0.1, 0.15) is 16.6 Å². The van der Waals surface area contributed by atoms with Crippen LogP contribution >= 0.6 is 69.6 Å². The van der Waals surface area contributed by atoms with Gasteiger partial charge in [0.25, 0.3) is 0 Å². The van der Waals surface area contributed by atoms with Crippen molar-refractivity contribution in [2.45, 2.75) is 0 Å². The minimum absolute atomic E-state index is 0. The summed E-state index contributed by atoms with van der Waals surface area (Å²) < 4.78 is 0. The Morgan fingerprint density at radius 2 is 0.675 bits per heavy atom. The summed E-state index contributed by atoms with van der Waals surface area (Å²) in [5, 5.41) is 32.8. The van der Waals surface area contributed by atoms with Crippen LogP contribution in [0.1, 0.15) is 0 Å². The van der Waals surface area contributed by atoms with Gasteiger partial charge in [-0.25, -0.2) is 0 Å². The number of pyridine rings is 3. The molecule has 0 saturated carbocycles. The molecule has 3 aromatic heterocycles. The maximum absolute atomic E-state index is 9.53. The number of hydrogen-bond donors (Lipinski definition) is 3. The Kier molecular flexibility index (Phi) is 12.2. The van der Waals surface area contributed by atoms with Gasteiger partial charge in [-0.3, -0.25) is 15.0 Å². The third-order valence-electron chi connectivity index (χ3n) is 5.31. The van der Waals surface area contributed by atoms with E-state index in [2.05, 4.69) is 15.0 Å². The molecule has 1 radical (unpaired) electrons. The minimum atomic E-state index is -0.0262. The van der Waals surface area contributed by atoms with Crippen molar-refractivity contribution in [2.75, 3.05) is 0 Å². The van der Waals surface area contributed by atoms with Crippen molar-refractivity contribution >= 4 is 102 Å². The molecule has 205 valence electrons. The van der Waals surface area contributed by atoms with E-state index in [4.69, 9.17) is 69.6 Å². The molecule has 13 heteroatoms. The van der Waals surface area contributed by atoms with E-state index in [1.165, 1.54) is 18.2 Å². The Labute approximate surface area is 299 Å². The maximum Gasteiger partial charge on any atom is 0.160 e. The van der Waals surface area contributed by atoms with Crippen molar-refractivity contribution in [3.63, 3.8) is 0 Å². The molecule has 0 bridgehead atoms. The molecular weight excluding hydrogens is 779 g/mol. The van der Waals surface area contributed by atoms with Crippen molar-refractivity contribution in [3.8, 4) is 17.2 Å². The van der Waals surface area contributed by atoms with Crippen LogP contribution in [0, 0.1) is 49.4 Å². The van der Waals surface area contributed by atoms with Gasteiger partial charge in [-0.15, -0.1) is 0 Å². The number of aromatic hydroxyl groups is 3. The fourth-order valence-electron chi connectivity index (χ4n) is 3.47. The Morgan fingerprint density at radius 3 is 0.925 bits per heavy atom. The quantitative estimate of drug-likeness (QED) is 0.142. The fraction of sp³-hybridized carbons (Fsp3) is 0. The van der Waals surface area contributed by atoms with Gasteiger partial charge < -0.3 is 15.3 Å². The first-order valence-corrected chi connectivity index (χ1v) is 13.1. The second kappa shape index (κ2) is 14.7. The Morgan fingerprint density at radius 1 is 0.425 bits per heavy atom. The van der Waals surface area contributed by atoms with Crippen molar-refractivity contribution < 1.29 is 64.7 Å². The van der Waals surface area contributed by atoms with E-state index in [-0.39, 0.29) is 81.7 Å². The third kappa shape index (κ3) is 7.33. The number of fused-ring (bicyclic) bond motifs is 3. The molecule has 0 fully saturated rings. The molecule has 3 heterocycles. The average Bonchev–Trinajstić information content (AvgIpc) is 2.94. The van der Waals surface area contributed by atoms with Gasteiger partial charge in [-0.05, 0) is 54.6 Å². The number of phenolic OH excluding ortho intramolecular Hbond substituents is 3. The van der Waals surface area contributed by atoms with Crippen LogP contribution in [0.25, 0.3) is 32.7 Å². The summed E-state index contributed by atoms with van der Waals surface area (Å²) in [7, 11) is 0. The largest absolute Gasteiger partial charge is 0.504 e. The molecule has 40 heavy (non-hydrogen) atoms. The molecule has 3 aromatic carbocycles. The van der Waals surface area contributed by atoms with E-state index in [0.29, 0.717) is 47.8 Å². The molecule has 0 unspecified atom stereocenters. The Bertz CT molecular complexity index is 1630. The number of aromatic nitrogens is 3. The predicted molar refractivity (Wildman–Crippen MR) is 160 cm³/mol. The zero-order chi connectivity index (χ0) is 28.3. The molecule has 0 aliphatic carbocycles. The molecule has 0 aliphatic rings. The molecule has 6 rings (SSSR count). The van der Waals surface area contributed by atoms with Crippen molar-refractivity contribution in [1.29, 1.82) is 0 Å². The number of nitrogens with zero attached hydrogens (tertiary/aromatic N) is 3. The van der Waals surface area contributed by atoms with Crippen LogP contribution in [-0.2, 0) is 0 Å². The minimum Gasteiger partial charge on any atom is -0.504 e. The van der Waals surface area contributed by atoms with Gasteiger partial charge in [0, 0.05) is 84.1 Å². The monoisotopic (exact) mass is 792 g/mol. The van der Waals surface area contributed by atoms with E-state index in [1.807, 2.05) is 0 Å². The maximum atomic E-state index is 9.53. The molecule has 6 aromatic rings. The molecule has 0 aliphatic heterocycles. The van der Waals surface area contributed by atoms with Gasteiger partial charge >= 0.3 is 0 Å². The molecule has 0 atom stereocenters. The summed E-state index contributed by atoms with van der Waals surface area (Å²) in [6.07, 6.45) is 4.73. The van der Waals surface area contributed by atoms with Gasteiger partial charge in [0.2, 0.25) is 0 Å². The van der Waals surface area contributed by atoms with Crippen molar-refractivity contribution in [2.24, 2.45) is 0 Å². The zero-order valence-electron chi connectivity index (χ0n) is 19.8. The average molecular weight is 794 g/mol. The Balaban J connectivity index is 0.000000163. The van der Waals surface area contributed by atoms with Crippen LogP contribution in [0.4, 0.5) is 0 Å². The topological polar surface area (TPSA) is 99.4 Å². The van der Waals surface area contributed by atoms with Gasteiger partial charge in [0.05, 0.1) is 30.1 Å². The molecule has 6 nitrogen and oxygen atoms in total. The summed E-state index contributed by atoms with van der Waals surface area (Å²) >= 11 is 34.9. The molecular formula is C27H15Cl6EuN3O3. The molecule has 0 spiro atoms. The summed E-state index contributed by atoms with van der Waals surface area (Å²) in [5.41, 5.74) is 1.29. The van der Waals surface area contributed by atoms with E-state index in [1.54, 1.807) is 55.0 Å². The van der Waals surface area contributed by atoms with Gasteiger partial charge in [0.15, 0.2) is 17.2 Å². The van der Waals surface area contributed by atoms with Crippen LogP contribution in [0.2, 0.25) is 30.1 Å². The normalized spacial score (nSPS) is 10.3. The van der Waals surface area contributed by atoms with Crippen LogP contribution < -0.4 is 0 Å².